The summed E-state index contributed by atoms with van der Waals surface area (Å²) in [4.78, 5) is 23.0. The molecule has 0 aromatic carbocycles. The van der Waals surface area contributed by atoms with Crippen molar-refractivity contribution in [2.75, 3.05) is 0 Å². The first-order valence-electron chi connectivity index (χ1n) is 1.90. The van der Waals surface area contributed by atoms with E-state index in [1.807, 2.05) is 0 Å². The number of allylic oxidation sites excluding steroid dienone is 1. The van der Waals surface area contributed by atoms with E-state index in [4.69, 9.17) is 5.11 Å². The minimum Gasteiger partial charge on any atom is -0.508 e. The molecule has 0 aliphatic heterocycles. The highest BCUT2D eigenvalue weighted by Gasteiger charge is 2.18. The van der Waals surface area contributed by atoms with E-state index in [0.717, 1.165) is 0 Å². The molecule has 0 fully saturated rings. The van der Waals surface area contributed by atoms with Crippen molar-refractivity contribution in [2.45, 2.75) is 0 Å². The Kier molecular flexibility index (Phi) is 2.99. The monoisotopic (exact) mass is 133 g/mol. The Morgan fingerprint density at radius 2 is 2.33 bits per heavy atom. The van der Waals surface area contributed by atoms with Crippen LogP contribution in [0.5, 0.6) is 0 Å². The minimum atomic E-state index is -0.600. The number of rotatable bonds is 3. The lowest BCUT2D eigenvalue weighted by Crippen LogP contribution is -2.14. The lowest BCUT2D eigenvalue weighted by atomic mass is 10.6. The summed E-state index contributed by atoms with van der Waals surface area (Å²) in [5.74, 6) is 4.33. The van der Waals surface area contributed by atoms with Gasteiger partial charge in [-0.05, 0) is 0 Å². The van der Waals surface area contributed by atoms with Crippen LogP contribution >= 0.6 is 0 Å². The van der Waals surface area contributed by atoms with Gasteiger partial charge in [-0.25, -0.2) is 0 Å². The summed E-state index contributed by atoms with van der Waals surface area (Å²) in [6.45, 7) is 0. The third-order valence-corrected chi connectivity index (χ3v) is 0.560. The van der Waals surface area contributed by atoms with Gasteiger partial charge in [0.15, 0.2) is 6.26 Å². The summed E-state index contributed by atoms with van der Waals surface area (Å²) < 4.78 is 0. The highest BCUT2D eigenvalue weighted by Crippen LogP contribution is 1.86. The standard InChI is InChI=1S/C3H4N2O4/c4-9-5(8)3(1-6)2-7/h1-2H,4H2/p+1. The summed E-state index contributed by atoms with van der Waals surface area (Å²) in [7, 11) is 0. The average Bonchev–Trinajstić information content (AvgIpc) is 1.90. The van der Waals surface area contributed by atoms with E-state index >= 15 is 0 Å². The van der Waals surface area contributed by atoms with E-state index < -0.39 is 5.70 Å². The third kappa shape index (κ3) is 1.87. The van der Waals surface area contributed by atoms with Crippen LogP contribution in [-0.2, 0) is 9.73 Å². The van der Waals surface area contributed by atoms with Crippen LogP contribution in [0.3, 0.4) is 0 Å². The fourth-order valence-corrected chi connectivity index (χ4v) is 0.181. The zero-order valence-corrected chi connectivity index (χ0v) is 4.35. The Morgan fingerprint density at radius 1 is 1.78 bits per heavy atom. The topological polar surface area (TPSA) is 92.6 Å². The van der Waals surface area contributed by atoms with Gasteiger partial charge < -0.3 is 5.11 Å². The van der Waals surface area contributed by atoms with Crippen molar-refractivity contribution in [3.05, 3.63) is 16.9 Å². The summed E-state index contributed by atoms with van der Waals surface area (Å²) in [6.07, 6.45) is 0.382. The molecule has 0 aromatic rings. The largest absolute Gasteiger partial charge is 0.508 e. The van der Waals surface area contributed by atoms with Crippen LogP contribution in [0.1, 0.15) is 0 Å². The number of aliphatic hydroxyl groups is 1. The zero-order valence-electron chi connectivity index (χ0n) is 4.35. The Balaban J connectivity index is 4.14. The van der Waals surface area contributed by atoms with Gasteiger partial charge in [0, 0.05) is 0 Å². The van der Waals surface area contributed by atoms with Crippen molar-refractivity contribution in [2.24, 2.45) is 5.90 Å². The molecule has 0 rings (SSSR count). The van der Waals surface area contributed by atoms with Gasteiger partial charge >= 0.3 is 5.70 Å². The molecule has 0 aliphatic rings. The van der Waals surface area contributed by atoms with E-state index in [0.29, 0.717) is 0 Å². The Labute approximate surface area is 50.0 Å². The molecule has 0 radical (unpaired) electrons. The molecule has 0 unspecified atom stereocenters. The number of nitrogens with zero attached hydrogens (tertiary/aromatic N) is 1. The van der Waals surface area contributed by atoms with Gasteiger partial charge in [0.1, 0.15) is 0 Å². The Hall–Kier alpha value is -1.43. The lowest BCUT2D eigenvalue weighted by molar-refractivity contribution is -0.769. The predicted molar refractivity (Wildman–Crippen MR) is 25.7 cm³/mol. The van der Waals surface area contributed by atoms with Crippen LogP contribution < -0.4 is 5.90 Å². The van der Waals surface area contributed by atoms with Crippen molar-refractivity contribution < 1.29 is 19.8 Å². The molecule has 0 atom stereocenters. The first kappa shape index (κ1) is 7.57. The molecule has 6 heteroatoms. The average molecular weight is 133 g/mol. The number of aldehydes is 1. The van der Waals surface area contributed by atoms with Crippen LogP contribution in [0.4, 0.5) is 0 Å². The molecule has 6 nitrogen and oxygen atoms in total. The number of carbonyl (C=O) groups is 1. The van der Waals surface area contributed by atoms with Gasteiger partial charge in [0.2, 0.25) is 6.29 Å². The molecule has 0 amide bonds. The molecule has 9 heavy (non-hydrogen) atoms. The van der Waals surface area contributed by atoms with Gasteiger partial charge in [-0.1, -0.05) is 5.90 Å². The fourth-order valence-electron chi connectivity index (χ4n) is 0.181. The molecule has 0 saturated carbocycles. The van der Waals surface area contributed by atoms with E-state index in [9.17, 15) is 9.70 Å². The number of hydrogen-bond acceptors (Lipinski definition) is 5. The van der Waals surface area contributed by atoms with E-state index in [1.165, 1.54) is 0 Å². The van der Waals surface area contributed by atoms with E-state index in [1.54, 1.807) is 0 Å². The second-order valence-corrected chi connectivity index (χ2v) is 1.03. The maximum absolute atomic E-state index is 10.1. The van der Waals surface area contributed by atoms with Gasteiger partial charge in [-0.3, -0.25) is 4.79 Å². The molecule has 0 aliphatic carbocycles. The summed E-state index contributed by atoms with van der Waals surface area (Å²) in [6, 6.07) is 0. The second-order valence-electron chi connectivity index (χ2n) is 1.03. The van der Waals surface area contributed by atoms with E-state index in [2.05, 4.69) is 10.8 Å². The molecule has 0 aromatic heterocycles. The molecule has 0 heterocycles. The van der Waals surface area contributed by atoms with Crippen molar-refractivity contribution in [3.8, 4) is 0 Å². The number of aliphatic hydroxyl groups excluding tert-OH is 1. The lowest BCUT2D eigenvalue weighted by Gasteiger charge is -1.78. The fraction of sp³-hybridized carbons (Fsp3) is 0. The van der Waals surface area contributed by atoms with Crippen molar-refractivity contribution in [3.63, 3.8) is 0 Å². The molecular weight excluding hydrogens is 128 g/mol. The third-order valence-electron chi connectivity index (χ3n) is 0.560. The normalized spacial score (nSPS) is 10.6. The van der Waals surface area contributed by atoms with Gasteiger partial charge in [-0.2, -0.15) is 0 Å². The SMILES string of the molecule is NO[N+](=O)C(C=O)=CO. The molecule has 0 saturated heterocycles. The summed E-state index contributed by atoms with van der Waals surface area (Å²) in [5, 5.41) is 8.06. The Morgan fingerprint density at radius 3 is 2.44 bits per heavy atom. The van der Waals surface area contributed by atoms with Crippen molar-refractivity contribution >= 4 is 6.29 Å². The van der Waals surface area contributed by atoms with Crippen LogP contribution in [0.2, 0.25) is 0 Å². The quantitative estimate of drug-likeness (QED) is 0.227. The number of hydrogen-bond donors (Lipinski definition) is 2. The minimum absolute atomic E-state index is 0.0971. The van der Waals surface area contributed by atoms with E-state index in [-0.39, 0.29) is 17.5 Å². The van der Waals surface area contributed by atoms with Crippen molar-refractivity contribution in [1.29, 1.82) is 0 Å². The molecule has 3 N–H and O–H groups in total. The maximum Gasteiger partial charge on any atom is 0.391 e. The van der Waals surface area contributed by atoms with Gasteiger partial charge in [0.25, 0.3) is 4.92 Å². The van der Waals surface area contributed by atoms with Crippen LogP contribution in [0.15, 0.2) is 12.0 Å². The maximum atomic E-state index is 10.1. The highest BCUT2D eigenvalue weighted by molar-refractivity contribution is 5.68. The van der Waals surface area contributed by atoms with Gasteiger partial charge in [0.05, 0.1) is 4.91 Å². The van der Waals surface area contributed by atoms with Crippen LogP contribution in [0.25, 0.3) is 0 Å². The summed E-state index contributed by atoms with van der Waals surface area (Å²) in [5.41, 5.74) is -0.600. The first-order valence-corrected chi connectivity index (χ1v) is 1.90. The summed E-state index contributed by atoms with van der Waals surface area (Å²) >= 11 is 0. The number of nitrogens with two attached hydrogens (primary N) is 1. The van der Waals surface area contributed by atoms with Crippen LogP contribution in [-0.4, -0.2) is 16.3 Å². The molecule has 50 valence electrons. The van der Waals surface area contributed by atoms with Crippen LogP contribution in [0, 0.1) is 4.91 Å². The first-order chi connectivity index (χ1) is 4.26. The highest BCUT2D eigenvalue weighted by atomic mass is 16.8. The predicted octanol–water partition coefficient (Wildman–Crippen LogP) is -0.831. The smallest absolute Gasteiger partial charge is 0.391 e. The zero-order chi connectivity index (χ0) is 7.28. The van der Waals surface area contributed by atoms with Crippen molar-refractivity contribution in [1.82, 2.24) is 0 Å². The van der Waals surface area contributed by atoms with Gasteiger partial charge in [-0.15, -0.1) is 4.94 Å². The number of carbonyl (C=O) groups excluding carboxylic acids is 1. The molecule has 0 bridgehead atoms. The molecule has 0 spiro atoms. The second kappa shape index (κ2) is 3.56. The molecular formula is C3H5N2O4+. The Bertz CT molecular complexity index is 152.